The number of aryl methyl sites for hydroxylation is 3. The third kappa shape index (κ3) is 10.5. The van der Waals surface area contributed by atoms with E-state index in [4.69, 9.17) is 9.84 Å². The molecule has 238 valence electrons. The van der Waals surface area contributed by atoms with Crippen molar-refractivity contribution < 1.29 is 29.0 Å². The van der Waals surface area contributed by atoms with Gasteiger partial charge >= 0.3 is 12.0 Å². The molecular weight excluding hydrogens is 584 g/mol. The van der Waals surface area contributed by atoms with Gasteiger partial charge in [0.25, 0.3) is 0 Å². The van der Waals surface area contributed by atoms with E-state index in [2.05, 4.69) is 21.3 Å². The Hall–Kier alpha value is -5.64. The van der Waals surface area contributed by atoms with E-state index in [1.165, 1.54) is 0 Å². The molecule has 0 aromatic heterocycles. The average Bonchev–Trinajstić information content (AvgIpc) is 3.03. The summed E-state index contributed by atoms with van der Waals surface area (Å²) in [6.45, 7) is 3.83. The highest BCUT2D eigenvalue weighted by Crippen LogP contribution is 2.25. The number of ether oxygens (including phenoxy) is 1. The van der Waals surface area contributed by atoms with E-state index in [9.17, 15) is 19.2 Å². The molecule has 0 aliphatic rings. The Labute approximate surface area is 268 Å². The zero-order valence-electron chi connectivity index (χ0n) is 25.9. The molecule has 0 heterocycles. The molecule has 4 aromatic rings. The molecule has 4 amide bonds. The van der Waals surface area contributed by atoms with Crippen LogP contribution < -0.4 is 26.0 Å². The fourth-order valence-corrected chi connectivity index (χ4v) is 4.84. The molecule has 4 aromatic carbocycles. The Morgan fingerprint density at radius 3 is 2.09 bits per heavy atom. The highest BCUT2D eigenvalue weighted by molar-refractivity contribution is 6.00. The summed E-state index contributed by atoms with van der Waals surface area (Å²) in [5.41, 5.74) is 6.24. The van der Waals surface area contributed by atoms with Gasteiger partial charge in [0.1, 0.15) is 5.75 Å². The Kier molecular flexibility index (Phi) is 11.9. The van der Waals surface area contributed by atoms with Crippen LogP contribution in [0, 0.1) is 13.8 Å². The van der Waals surface area contributed by atoms with Gasteiger partial charge in [-0.25, -0.2) is 9.59 Å². The second-order valence-electron chi connectivity index (χ2n) is 10.9. The Morgan fingerprint density at radius 1 is 0.696 bits per heavy atom. The Morgan fingerprint density at radius 2 is 1.39 bits per heavy atom. The molecule has 0 bridgehead atoms. The van der Waals surface area contributed by atoms with Crippen LogP contribution in [0.5, 0.6) is 5.75 Å². The summed E-state index contributed by atoms with van der Waals surface area (Å²) < 4.78 is 5.43. The number of carbonyl (C=O) groups excluding carboxylic acids is 3. The van der Waals surface area contributed by atoms with Gasteiger partial charge in [-0.15, -0.1) is 0 Å². The number of carboxylic acid groups (broad SMARTS) is 1. The second kappa shape index (κ2) is 16.4. The minimum Gasteiger partial charge on any atom is -0.482 e. The summed E-state index contributed by atoms with van der Waals surface area (Å²) in [6.07, 6.45) is 1.26. The third-order valence-electron chi connectivity index (χ3n) is 7.19. The van der Waals surface area contributed by atoms with Crippen LogP contribution in [0.1, 0.15) is 34.2 Å². The molecule has 0 radical (unpaired) electrons. The van der Waals surface area contributed by atoms with Gasteiger partial charge < -0.3 is 31.1 Å². The number of aliphatic carboxylic acids is 1. The second-order valence-corrected chi connectivity index (χ2v) is 10.9. The highest BCUT2D eigenvalue weighted by Gasteiger charge is 2.13. The lowest BCUT2D eigenvalue weighted by molar-refractivity contribution is -0.139. The van der Waals surface area contributed by atoms with E-state index in [0.29, 0.717) is 42.1 Å². The number of carboxylic acids is 1. The largest absolute Gasteiger partial charge is 0.482 e. The number of nitrogens with one attached hydrogen (secondary N) is 4. The van der Waals surface area contributed by atoms with Gasteiger partial charge in [-0.3, -0.25) is 9.59 Å². The minimum absolute atomic E-state index is 0.0886. The molecule has 4 rings (SSSR count). The van der Waals surface area contributed by atoms with Crippen molar-refractivity contribution in [2.75, 3.05) is 29.1 Å². The SMILES string of the molecule is Cc1cccc(C)c1NC(=O)Nc1ccc(CC(=O)Nc2ccc(OCC(=O)O)c(CCC(=O)NCCc3ccccc3)c2)cc1. The lowest BCUT2D eigenvalue weighted by Gasteiger charge is -2.14. The molecule has 10 nitrogen and oxygen atoms in total. The van der Waals surface area contributed by atoms with Crippen molar-refractivity contribution in [3.8, 4) is 5.75 Å². The van der Waals surface area contributed by atoms with Crippen LogP contribution in [0.25, 0.3) is 0 Å². The molecule has 0 spiro atoms. The minimum atomic E-state index is -1.12. The first-order valence-corrected chi connectivity index (χ1v) is 15.0. The van der Waals surface area contributed by atoms with E-state index in [-0.39, 0.29) is 30.7 Å². The molecule has 0 aliphatic heterocycles. The molecule has 0 atom stereocenters. The first-order chi connectivity index (χ1) is 22.2. The quantitative estimate of drug-likeness (QED) is 0.119. The molecular formula is C36H38N4O6. The van der Waals surface area contributed by atoms with Crippen molar-refractivity contribution in [1.82, 2.24) is 5.32 Å². The van der Waals surface area contributed by atoms with Crippen LogP contribution in [-0.4, -0.2) is 42.1 Å². The van der Waals surface area contributed by atoms with Crippen LogP contribution in [0.4, 0.5) is 21.9 Å². The number of urea groups is 1. The Bertz CT molecular complexity index is 1650. The summed E-state index contributed by atoms with van der Waals surface area (Å²) in [7, 11) is 0. The molecule has 5 N–H and O–H groups in total. The van der Waals surface area contributed by atoms with Gasteiger partial charge in [0.15, 0.2) is 6.61 Å². The summed E-state index contributed by atoms with van der Waals surface area (Å²) in [5, 5.41) is 20.5. The Balaban J connectivity index is 1.30. The van der Waals surface area contributed by atoms with Crippen LogP contribution in [0.3, 0.4) is 0 Å². The summed E-state index contributed by atoms with van der Waals surface area (Å²) in [4.78, 5) is 48.9. The monoisotopic (exact) mass is 622 g/mol. The number of benzene rings is 4. The summed E-state index contributed by atoms with van der Waals surface area (Å²) >= 11 is 0. The number of hydrogen-bond acceptors (Lipinski definition) is 5. The molecule has 0 aliphatic carbocycles. The van der Waals surface area contributed by atoms with E-state index in [1.54, 1.807) is 42.5 Å². The van der Waals surface area contributed by atoms with Gasteiger partial charge in [0, 0.05) is 30.0 Å². The zero-order chi connectivity index (χ0) is 32.9. The molecule has 10 heteroatoms. The van der Waals surface area contributed by atoms with Gasteiger partial charge in [0.2, 0.25) is 11.8 Å². The number of amides is 4. The van der Waals surface area contributed by atoms with Crippen molar-refractivity contribution in [3.05, 3.63) is 119 Å². The number of carbonyl (C=O) groups is 4. The number of hydrogen-bond donors (Lipinski definition) is 5. The first kappa shape index (κ1) is 33.3. The van der Waals surface area contributed by atoms with Crippen molar-refractivity contribution in [1.29, 1.82) is 0 Å². The predicted molar refractivity (Wildman–Crippen MR) is 178 cm³/mol. The summed E-state index contributed by atoms with van der Waals surface area (Å²) in [5.74, 6) is -1.19. The van der Waals surface area contributed by atoms with E-state index in [1.807, 2.05) is 62.4 Å². The number of anilines is 3. The maximum Gasteiger partial charge on any atom is 0.341 e. The standard InChI is InChI=1S/C36H38N4O6/c1-24-7-6-8-25(2)35(24)40-36(45)39-29-14-11-27(12-15-29)21-33(42)38-30-16-17-31(46-23-34(43)44)28(22-30)13-18-32(41)37-20-19-26-9-4-3-5-10-26/h3-12,14-17,22H,13,18-21,23H2,1-2H3,(H,37,41)(H,38,42)(H,43,44)(H2,39,40,45). The molecule has 0 unspecified atom stereocenters. The fourth-order valence-electron chi connectivity index (χ4n) is 4.84. The van der Waals surface area contributed by atoms with Crippen LogP contribution in [-0.2, 0) is 33.6 Å². The number of para-hydroxylation sites is 1. The lowest BCUT2D eigenvalue weighted by Crippen LogP contribution is -2.26. The molecule has 0 fully saturated rings. The van der Waals surface area contributed by atoms with Gasteiger partial charge in [0.05, 0.1) is 6.42 Å². The fraction of sp³-hybridized carbons (Fsp3) is 0.222. The van der Waals surface area contributed by atoms with Crippen LogP contribution >= 0.6 is 0 Å². The van der Waals surface area contributed by atoms with Gasteiger partial charge in [-0.05, 0) is 84.8 Å². The van der Waals surface area contributed by atoms with Crippen molar-refractivity contribution in [2.45, 2.75) is 39.5 Å². The van der Waals surface area contributed by atoms with Gasteiger partial charge in [-0.2, -0.15) is 0 Å². The van der Waals surface area contributed by atoms with Crippen LogP contribution in [0.15, 0.2) is 91.0 Å². The van der Waals surface area contributed by atoms with Crippen molar-refractivity contribution in [2.24, 2.45) is 0 Å². The average molecular weight is 623 g/mol. The maximum absolute atomic E-state index is 12.9. The smallest absolute Gasteiger partial charge is 0.341 e. The topological polar surface area (TPSA) is 146 Å². The number of rotatable bonds is 14. The normalized spacial score (nSPS) is 10.5. The maximum atomic E-state index is 12.9. The van der Waals surface area contributed by atoms with Crippen molar-refractivity contribution >= 4 is 40.9 Å². The first-order valence-electron chi connectivity index (χ1n) is 15.0. The summed E-state index contributed by atoms with van der Waals surface area (Å²) in [6, 6.07) is 27.2. The molecule has 0 saturated heterocycles. The zero-order valence-corrected chi connectivity index (χ0v) is 25.9. The van der Waals surface area contributed by atoms with Gasteiger partial charge in [-0.1, -0.05) is 60.7 Å². The third-order valence-corrected chi connectivity index (χ3v) is 7.19. The van der Waals surface area contributed by atoms with Crippen LogP contribution in [0.2, 0.25) is 0 Å². The molecule has 0 saturated carbocycles. The lowest BCUT2D eigenvalue weighted by atomic mass is 10.1. The predicted octanol–water partition coefficient (Wildman–Crippen LogP) is 5.88. The van der Waals surface area contributed by atoms with E-state index < -0.39 is 12.6 Å². The van der Waals surface area contributed by atoms with E-state index >= 15 is 0 Å². The van der Waals surface area contributed by atoms with Crippen molar-refractivity contribution in [3.63, 3.8) is 0 Å². The van der Waals surface area contributed by atoms with E-state index in [0.717, 1.165) is 27.9 Å². The molecule has 46 heavy (non-hydrogen) atoms. The highest BCUT2D eigenvalue weighted by atomic mass is 16.5.